The summed E-state index contributed by atoms with van der Waals surface area (Å²) in [4.78, 5) is 17.9. The molecule has 0 saturated heterocycles. The molecule has 1 aliphatic heterocycles. The van der Waals surface area contributed by atoms with Crippen LogP contribution in [0, 0.1) is 5.82 Å². The van der Waals surface area contributed by atoms with Crippen LogP contribution in [0.1, 0.15) is 40.0 Å². The van der Waals surface area contributed by atoms with Gasteiger partial charge in [-0.15, -0.1) is 0 Å². The van der Waals surface area contributed by atoms with Crippen molar-refractivity contribution in [2.24, 2.45) is 0 Å². The number of rotatable bonds is 4. The van der Waals surface area contributed by atoms with Crippen molar-refractivity contribution in [1.82, 2.24) is 9.88 Å². The molecule has 1 amide bonds. The lowest BCUT2D eigenvalue weighted by molar-refractivity contribution is 0.0720. The predicted octanol–water partition coefficient (Wildman–Crippen LogP) is 3.75. The third-order valence-corrected chi connectivity index (χ3v) is 4.90. The highest BCUT2D eigenvalue weighted by Gasteiger charge is 2.40. The lowest BCUT2D eigenvalue weighted by Gasteiger charge is -2.23. The van der Waals surface area contributed by atoms with E-state index < -0.39 is 17.8 Å². The van der Waals surface area contributed by atoms with Crippen LogP contribution in [0.25, 0.3) is 0 Å². The monoisotopic (exact) mass is 384 g/mol. The van der Waals surface area contributed by atoms with E-state index in [1.807, 2.05) is 0 Å². The molecule has 2 aromatic rings. The van der Waals surface area contributed by atoms with E-state index >= 15 is 0 Å². The number of benzene rings is 1. The molecule has 0 radical (unpaired) electrons. The van der Waals surface area contributed by atoms with Crippen molar-refractivity contribution in [3.8, 4) is 5.75 Å². The summed E-state index contributed by atoms with van der Waals surface area (Å²) in [5.74, 6) is -0.557. The van der Waals surface area contributed by atoms with Gasteiger partial charge >= 0.3 is 0 Å². The maximum Gasteiger partial charge on any atom is 0.258 e. The summed E-state index contributed by atoms with van der Waals surface area (Å²) in [6.07, 6.45) is 0. The number of aliphatic hydroxyl groups is 1. The van der Waals surface area contributed by atoms with Crippen molar-refractivity contribution in [3.63, 3.8) is 0 Å². The number of methoxy groups -OCH3 is 1. The molecule has 2 heterocycles. The van der Waals surface area contributed by atoms with E-state index in [0.29, 0.717) is 11.3 Å². The largest absolute Gasteiger partial charge is 0.497 e. The molecule has 0 bridgehead atoms. The van der Waals surface area contributed by atoms with Crippen molar-refractivity contribution < 1.29 is 19.0 Å². The van der Waals surface area contributed by atoms with Gasteiger partial charge in [-0.05, 0) is 30.2 Å². The number of amides is 1. The smallest absolute Gasteiger partial charge is 0.258 e. The van der Waals surface area contributed by atoms with Crippen LogP contribution in [0.3, 0.4) is 0 Å². The van der Waals surface area contributed by atoms with Gasteiger partial charge in [0.05, 0.1) is 25.3 Å². The minimum absolute atomic E-state index is 0.0372. The number of pyridine rings is 1. The van der Waals surface area contributed by atoms with E-state index in [1.54, 1.807) is 25.1 Å². The minimum Gasteiger partial charge on any atom is -0.497 e. The number of halogens is 3. The van der Waals surface area contributed by atoms with Crippen molar-refractivity contribution in [3.05, 3.63) is 56.6 Å². The first kappa shape index (κ1) is 17.9. The molecular formula is C17H15Cl2FN2O3. The van der Waals surface area contributed by atoms with Crippen LogP contribution in [0.2, 0.25) is 10.3 Å². The molecule has 5 nitrogen and oxygen atoms in total. The summed E-state index contributed by atoms with van der Waals surface area (Å²) in [7, 11) is 1.53. The number of carbonyl (C=O) groups is 1. The maximum atomic E-state index is 14.4. The van der Waals surface area contributed by atoms with Crippen molar-refractivity contribution in [2.45, 2.75) is 26.1 Å². The topological polar surface area (TPSA) is 62.7 Å². The van der Waals surface area contributed by atoms with E-state index in [-0.39, 0.29) is 34.6 Å². The van der Waals surface area contributed by atoms with Crippen molar-refractivity contribution in [1.29, 1.82) is 0 Å². The number of fused-ring (bicyclic) bond motifs is 1. The lowest BCUT2D eigenvalue weighted by atomic mass is 10.1. The molecule has 0 spiro atoms. The van der Waals surface area contributed by atoms with Gasteiger partial charge in [0, 0.05) is 12.1 Å². The van der Waals surface area contributed by atoms with E-state index in [9.17, 15) is 14.3 Å². The van der Waals surface area contributed by atoms with Crippen molar-refractivity contribution >= 4 is 29.1 Å². The van der Waals surface area contributed by atoms with Gasteiger partial charge in [-0.25, -0.2) is 9.37 Å². The van der Waals surface area contributed by atoms with Gasteiger partial charge in [-0.1, -0.05) is 29.3 Å². The molecule has 1 aliphatic rings. The third kappa shape index (κ3) is 2.94. The Hall–Kier alpha value is -1.89. The number of hydrogen-bond donors (Lipinski definition) is 1. The summed E-state index contributed by atoms with van der Waals surface area (Å²) in [5.41, 5.74) is 1.54. The van der Waals surface area contributed by atoms with Crippen LogP contribution >= 0.6 is 23.2 Å². The first-order valence-electron chi connectivity index (χ1n) is 7.51. The normalized spacial score (nSPS) is 16.3. The first-order chi connectivity index (χ1) is 11.9. The van der Waals surface area contributed by atoms with E-state index in [2.05, 4.69) is 4.98 Å². The molecule has 1 aromatic heterocycles. The zero-order chi connectivity index (χ0) is 18.3. The fourth-order valence-electron chi connectivity index (χ4n) is 3.02. The Morgan fingerprint density at radius 2 is 2.04 bits per heavy atom. The average molecular weight is 385 g/mol. The molecule has 1 unspecified atom stereocenters. The van der Waals surface area contributed by atoms with Crippen LogP contribution in [-0.2, 0) is 13.2 Å². The fourth-order valence-corrected chi connectivity index (χ4v) is 3.51. The summed E-state index contributed by atoms with van der Waals surface area (Å²) in [6, 6.07) is 4.63. The number of carbonyl (C=O) groups excluding carboxylic acids is 1. The highest BCUT2D eigenvalue weighted by atomic mass is 35.5. The molecule has 1 aromatic carbocycles. The minimum atomic E-state index is -0.735. The van der Waals surface area contributed by atoms with Gasteiger partial charge in [0.25, 0.3) is 5.91 Å². The van der Waals surface area contributed by atoms with E-state index in [1.165, 1.54) is 12.0 Å². The van der Waals surface area contributed by atoms with Crippen LogP contribution < -0.4 is 4.74 Å². The molecule has 1 atom stereocenters. The Balaban J connectivity index is 2.00. The number of hydrogen-bond acceptors (Lipinski definition) is 4. The van der Waals surface area contributed by atoms with Gasteiger partial charge < -0.3 is 14.7 Å². The molecule has 0 aliphatic carbocycles. The second-order valence-electron chi connectivity index (χ2n) is 5.70. The molecule has 8 heteroatoms. The Morgan fingerprint density at radius 3 is 2.68 bits per heavy atom. The lowest BCUT2D eigenvalue weighted by Crippen LogP contribution is -2.26. The first-order valence-corrected chi connectivity index (χ1v) is 8.26. The van der Waals surface area contributed by atoms with Crippen molar-refractivity contribution in [2.75, 3.05) is 7.11 Å². The molecular weight excluding hydrogens is 370 g/mol. The molecule has 25 heavy (non-hydrogen) atoms. The molecule has 132 valence electrons. The van der Waals surface area contributed by atoms with E-state index in [0.717, 1.165) is 5.56 Å². The van der Waals surface area contributed by atoms with Crippen LogP contribution in [0.15, 0.2) is 18.2 Å². The molecule has 0 saturated carbocycles. The standard InChI is InChI=1S/C17H15Cl2FN2O3/c1-8-12-13(15(18)21-16(19)14(12)20)17(24)22(8)6-9-3-4-11(25-2)5-10(9)7-23/h3-5,8,23H,6-7H2,1-2H3. The number of aromatic nitrogens is 1. The second-order valence-corrected chi connectivity index (χ2v) is 6.41. The van der Waals surface area contributed by atoms with Gasteiger partial charge in [0.15, 0.2) is 11.0 Å². The number of aliphatic hydroxyl groups excluding tert-OH is 1. The quantitative estimate of drug-likeness (QED) is 0.815. The van der Waals surface area contributed by atoms with Crippen LogP contribution in [0.5, 0.6) is 5.75 Å². The maximum absolute atomic E-state index is 14.4. The van der Waals surface area contributed by atoms with Gasteiger partial charge in [-0.3, -0.25) is 4.79 Å². The van der Waals surface area contributed by atoms with Gasteiger partial charge in [-0.2, -0.15) is 0 Å². The average Bonchev–Trinajstić information content (AvgIpc) is 2.85. The number of nitrogens with zero attached hydrogens (tertiary/aromatic N) is 2. The van der Waals surface area contributed by atoms with Gasteiger partial charge in [0.1, 0.15) is 10.9 Å². The Morgan fingerprint density at radius 1 is 1.32 bits per heavy atom. The highest BCUT2D eigenvalue weighted by Crippen LogP contribution is 2.41. The second kappa shape index (κ2) is 6.78. The predicted molar refractivity (Wildman–Crippen MR) is 91.4 cm³/mol. The molecule has 0 fully saturated rings. The summed E-state index contributed by atoms with van der Waals surface area (Å²) >= 11 is 11.8. The zero-order valence-corrected chi connectivity index (χ0v) is 15.0. The SMILES string of the molecule is COc1ccc(CN2C(=O)c3c(Cl)nc(Cl)c(F)c3C2C)c(CO)c1. The van der Waals surface area contributed by atoms with Crippen LogP contribution in [-0.4, -0.2) is 28.0 Å². The summed E-state index contributed by atoms with van der Waals surface area (Å²) < 4.78 is 19.5. The summed E-state index contributed by atoms with van der Waals surface area (Å²) in [6.45, 7) is 1.67. The molecule has 1 N–H and O–H groups in total. The fraction of sp³-hybridized carbons (Fsp3) is 0.294. The Labute approximate surface area is 153 Å². The summed E-state index contributed by atoms with van der Waals surface area (Å²) in [5, 5.41) is 9.11. The molecule has 3 rings (SSSR count). The highest BCUT2D eigenvalue weighted by molar-refractivity contribution is 6.35. The zero-order valence-electron chi connectivity index (χ0n) is 13.5. The van der Waals surface area contributed by atoms with Crippen LogP contribution in [0.4, 0.5) is 4.39 Å². The third-order valence-electron chi connectivity index (χ3n) is 4.37. The van der Waals surface area contributed by atoms with Gasteiger partial charge in [0.2, 0.25) is 0 Å². The Kier molecular flexibility index (Phi) is 4.86. The number of ether oxygens (including phenoxy) is 1. The van der Waals surface area contributed by atoms with E-state index in [4.69, 9.17) is 27.9 Å². The Bertz CT molecular complexity index is 860.